The van der Waals surface area contributed by atoms with Gasteiger partial charge in [-0.1, -0.05) is 18.2 Å². The van der Waals surface area contributed by atoms with Gasteiger partial charge in [0.1, 0.15) is 5.78 Å². The Morgan fingerprint density at radius 2 is 2.17 bits per heavy atom. The van der Waals surface area contributed by atoms with Crippen LogP contribution in [-0.4, -0.2) is 35.6 Å². The van der Waals surface area contributed by atoms with Crippen molar-refractivity contribution in [1.29, 1.82) is 0 Å². The van der Waals surface area contributed by atoms with Crippen LogP contribution in [0, 0.1) is 0 Å². The quantitative estimate of drug-likeness (QED) is 0.735. The minimum absolute atomic E-state index is 0.322. The van der Waals surface area contributed by atoms with E-state index in [-0.39, 0.29) is 0 Å². The molecule has 2 nitrogen and oxygen atoms in total. The fraction of sp³-hybridized carbons (Fsp3) is 0.533. The van der Waals surface area contributed by atoms with Crippen LogP contribution >= 0.6 is 11.8 Å². The van der Waals surface area contributed by atoms with Crippen molar-refractivity contribution in [3.63, 3.8) is 0 Å². The summed E-state index contributed by atoms with van der Waals surface area (Å²) in [5.41, 5.74) is 0. The average molecular weight is 263 g/mol. The number of hydrogen-bond acceptors (Lipinski definition) is 3. The zero-order chi connectivity index (χ0) is 12.8. The number of rotatable bonds is 6. The Balaban J connectivity index is 1.74. The molecule has 3 heteroatoms. The topological polar surface area (TPSA) is 20.3 Å². The predicted molar refractivity (Wildman–Crippen MR) is 77.1 cm³/mol. The van der Waals surface area contributed by atoms with E-state index in [1.807, 2.05) is 17.8 Å². The van der Waals surface area contributed by atoms with Gasteiger partial charge in [-0.15, -0.1) is 11.8 Å². The molecule has 1 saturated heterocycles. The number of likely N-dealkylation sites (tertiary alicyclic amines) is 1. The van der Waals surface area contributed by atoms with E-state index in [0.29, 0.717) is 11.8 Å². The van der Waals surface area contributed by atoms with E-state index in [2.05, 4.69) is 29.2 Å². The molecule has 1 aromatic rings. The highest BCUT2D eigenvalue weighted by atomic mass is 32.2. The third kappa shape index (κ3) is 4.14. The zero-order valence-electron chi connectivity index (χ0n) is 11.0. The minimum atomic E-state index is 0.322. The second-order valence-corrected chi connectivity index (χ2v) is 6.07. The molecule has 1 aliphatic rings. The van der Waals surface area contributed by atoms with Crippen LogP contribution in [0.3, 0.4) is 0 Å². The van der Waals surface area contributed by atoms with Crippen LogP contribution in [0.15, 0.2) is 35.2 Å². The zero-order valence-corrected chi connectivity index (χ0v) is 11.8. The summed E-state index contributed by atoms with van der Waals surface area (Å²) in [5.74, 6) is 1.43. The first-order valence-electron chi connectivity index (χ1n) is 6.67. The van der Waals surface area contributed by atoms with Gasteiger partial charge in [-0.2, -0.15) is 0 Å². The van der Waals surface area contributed by atoms with Gasteiger partial charge in [0.25, 0.3) is 0 Å². The molecule has 2 rings (SSSR count). The van der Waals surface area contributed by atoms with Gasteiger partial charge in [-0.05, 0) is 38.4 Å². The normalized spacial score (nSPS) is 20.2. The summed E-state index contributed by atoms with van der Waals surface area (Å²) in [7, 11) is 0. The highest BCUT2D eigenvalue weighted by molar-refractivity contribution is 7.99. The fourth-order valence-corrected chi connectivity index (χ4v) is 3.46. The second-order valence-electron chi connectivity index (χ2n) is 4.90. The van der Waals surface area contributed by atoms with Crippen molar-refractivity contribution < 1.29 is 4.79 Å². The van der Waals surface area contributed by atoms with Gasteiger partial charge in [0.05, 0.1) is 0 Å². The van der Waals surface area contributed by atoms with E-state index in [0.717, 1.165) is 25.3 Å². The predicted octanol–water partition coefficient (Wildman–Crippen LogP) is 3.22. The van der Waals surface area contributed by atoms with Gasteiger partial charge in [0.2, 0.25) is 0 Å². The number of ketones is 1. The third-order valence-corrected chi connectivity index (χ3v) is 4.40. The summed E-state index contributed by atoms with van der Waals surface area (Å²) in [6.45, 7) is 3.96. The first kappa shape index (κ1) is 13.6. The number of hydrogen-bond donors (Lipinski definition) is 0. The summed E-state index contributed by atoms with van der Waals surface area (Å²) < 4.78 is 0. The highest BCUT2D eigenvalue weighted by Crippen LogP contribution is 2.22. The Kier molecular flexibility index (Phi) is 5.26. The molecule has 1 atom stereocenters. The lowest BCUT2D eigenvalue weighted by Gasteiger charge is -2.23. The molecule has 0 N–H and O–H groups in total. The molecule has 0 radical (unpaired) electrons. The number of benzene rings is 1. The van der Waals surface area contributed by atoms with Crippen molar-refractivity contribution in [2.24, 2.45) is 0 Å². The molecule has 1 aromatic carbocycles. The molecule has 98 valence electrons. The van der Waals surface area contributed by atoms with E-state index in [1.54, 1.807) is 6.92 Å². The Morgan fingerprint density at radius 3 is 2.89 bits per heavy atom. The maximum absolute atomic E-state index is 11.2. The SMILES string of the molecule is CC(=O)CC1CCCN1CCSc1ccccc1. The number of Topliss-reactive ketones (excluding diaryl/α,β-unsaturated/α-hetero) is 1. The average Bonchev–Trinajstić information content (AvgIpc) is 2.77. The molecule has 1 aliphatic heterocycles. The van der Waals surface area contributed by atoms with Crippen molar-refractivity contribution >= 4 is 17.5 Å². The molecule has 0 bridgehead atoms. The number of thioether (sulfide) groups is 1. The largest absolute Gasteiger partial charge is 0.300 e. The molecule has 18 heavy (non-hydrogen) atoms. The number of nitrogens with zero attached hydrogens (tertiary/aromatic N) is 1. The maximum atomic E-state index is 11.2. The molecule has 0 spiro atoms. The lowest BCUT2D eigenvalue weighted by molar-refractivity contribution is -0.118. The van der Waals surface area contributed by atoms with Crippen LogP contribution in [0.1, 0.15) is 26.2 Å². The van der Waals surface area contributed by atoms with E-state index in [9.17, 15) is 4.79 Å². The molecule has 1 fully saturated rings. The molecule has 0 saturated carbocycles. The summed E-state index contributed by atoms with van der Waals surface area (Å²) >= 11 is 1.90. The van der Waals surface area contributed by atoms with E-state index < -0.39 is 0 Å². The molecule has 1 unspecified atom stereocenters. The third-order valence-electron chi connectivity index (χ3n) is 3.41. The Labute approximate surface area is 114 Å². The number of carbonyl (C=O) groups excluding carboxylic acids is 1. The van der Waals surface area contributed by atoms with E-state index >= 15 is 0 Å². The van der Waals surface area contributed by atoms with Gasteiger partial charge in [0, 0.05) is 29.7 Å². The van der Waals surface area contributed by atoms with Gasteiger partial charge < -0.3 is 0 Å². The number of carbonyl (C=O) groups is 1. The van der Waals surface area contributed by atoms with E-state index in [4.69, 9.17) is 0 Å². The Bertz CT molecular complexity index is 379. The highest BCUT2D eigenvalue weighted by Gasteiger charge is 2.24. The standard InChI is InChI=1S/C15H21NOS/c1-13(17)12-14-6-5-9-16(14)10-11-18-15-7-3-2-4-8-15/h2-4,7-8,14H,5-6,9-12H2,1H3. The molecule has 0 amide bonds. The summed E-state index contributed by atoms with van der Waals surface area (Å²) in [4.78, 5) is 15.0. The van der Waals surface area contributed by atoms with E-state index in [1.165, 1.54) is 17.7 Å². The maximum Gasteiger partial charge on any atom is 0.131 e. The van der Waals surface area contributed by atoms with Crippen LogP contribution in [-0.2, 0) is 4.79 Å². The van der Waals surface area contributed by atoms with Crippen molar-refractivity contribution in [2.75, 3.05) is 18.8 Å². The van der Waals surface area contributed by atoms with Crippen molar-refractivity contribution in [3.8, 4) is 0 Å². The lowest BCUT2D eigenvalue weighted by atomic mass is 10.1. The molecule has 1 heterocycles. The summed E-state index contributed by atoms with van der Waals surface area (Å²) in [6, 6.07) is 11.0. The first-order valence-corrected chi connectivity index (χ1v) is 7.65. The molecular weight excluding hydrogens is 242 g/mol. The fourth-order valence-electron chi connectivity index (χ4n) is 2.55. The van der Waals surface area contributed by atoms with Crippen molar-refractivity contribution in [2.45, 2.75) is 37.1 Å². The minimum Gasteiger partial charge on any atom is -0.300 e. The monoisotopic (exact) mass is 263 g/mol. The lowest BCUT2D eigenvalue weighted by Crippen LogP contribution is -2.32. The van der Waals surface area contributed by atoms with Crippen LogP contribution in [0.25, 0.3) is 0 Å². The van der Waals surface area contributed by atoms with Crippen LogP contribution in [0.4, 0.5) is 0 Å². The second kappa shape index (κ2) is 6.95. The van der Waals surface area contributed by atoms with Gasteiger partial charge in [-0.3, -0.25) is 9.69 Å². The Hall–Kier alpha value is -0.800. The smallest absolute Gasteiger partial charge is 0.131 e. The van der Waals surface area contributed by atoms with Crippen molar-refractivity contribution in [1.82, 2.24) is 4.90 Å². The Morgan fingerprint density at radius 1 is 1.39 bits per heavy atom. The van der Waals surface area contributed by atoms with Crippen LogP contribution < -0.4 is 0 Å². The van der Waals surface area contributed by atoms with Crippen LogP contribution in [0.2, 0.25) is 0 Å². The first-order chi connectivity index (χ1) is 8.75. The van der Waals surface area contributed by atoms with Crippen LogP contribution in [0.5, 0.6) is 0 Å². The summed E-state index contributed by atoms with van der Waals surface area (Å²) in [5, 5.41) is 0. The molecule has 0 aliphatic carbocycles. The van der Waals surface area contributed by atoms with Gasteiger partial charge >= 0.3 is 0 Å². The molecule has 0 aromatic heterocycles. The molecular formula is C15H21NOS. The van der Waals surface area contributed by atoms with Gasteiger partial charge in [0.15, 0.2) is 0 Å². The summed E-state index contributed by atoms with van der Waals surface area (Å²) in [6.07, 6.45) is 3.17. The van der Waals surface area contributed by atoms with Gasteiger partial charge in [-0.25, -0.2) is 0 Å². The van der Waals surface area contributed by atoms with Crippen molar-refractivity contribution in [3.05, 3.63) is 30.3 Å².